The van der Waals surface area contributed by atoms with Crippen LogP contribution in [0, 0.1) is 11.6 Å². The van der Waals surface area contributed by atoms with E-state index in [1.165, 1.54) is 17.4 Å². The molecule has 32 heavy (non-hydrogen) atoms. The Bertz CT molecular complexity index is 1310. The van der Waals surface area contributed by atoms with Crippen LogP contribution in [0.25, 0.3) is 10.2 Å². The zero-order valence-corrected chi connectivity index (χ0v) is 16.8. The molecule has 0 saturated heterocycles. The highest BCUT2D eigenvalue weighted by molar-refractivity contribution is 7.18. The molecule has 1 heterocycles. The number of nitrogens with zero attached hydrogens (tertiary/aromatic N) is 2. The zero-order chi connectivity index (χ0) is 23.0. The Morgan fingerprint density at radius 1 is 0.969 bits per heavy atom. The standard InChI is InChI=1S/C22H13F5N2O2S/c23-19-14(7-8-15(20(19)24)22(25,26)27)21(31)29(12-4-2-1-3-5-12)13-6-9-17-16(10-13)28-18(11-30)32-17/h1-10,30H,11H2. The number of carbonyl (C=O) groups is 1. The summed E-state index contributed by atoms with van der Waals surface area (Å²) in [6, 6.07) is 13.7. The van der Waals surface area contributed by atoms with Crippen molar-refractivity contribution in [3.05, 3.63) is 88.4 Å². The van der Waals surface area contributed by atoms with Crippen LogP contribution in [-0.4, -0.2) is 16.0 Å². The molecule has 3 aromatic carbocycles. The van der Waals surface area contributed by atoms with Crippen molar-refractivity contribution in [2.75, 3.05) is 4.90 Å². The van der Waals surface area contributed by atoms with E-state index in [1.54, 1.807) is 42.5 Å². The van der Waals surface area contributed by atoms with Gasteiger partial charge in [-0.25, -0.2) is 13.8 Å². The smallest absolute Gasteiger partial charge is 0.389 e. The number of aromatic nitrogens is 1. The largest absolute Gasteiger partial charge is 0.419 e. The number of carbonyl (C=O) groups excluding carboxylic acids is 1. The fraction of sp³-hybridized carbons (Fsp3) is 0.0909. The van der Waals surface area contributed by atoms with Crippen molar-refractivity contribution in [2.24, 2.45) is 0 Å². The van der Waals surface area contributed by atoms with Crippen LogP contribution in [-0.2, 0) is 12.8 Å². The number of amides is 1. The normalized spacial score (nSPS) is 11.7. The van der Waals surface area contributed by atoms with Crippen molar-refractivity contribution in [3.8, 4) is 0 Å². The topological polar surface area (TPSA) is 53.4 Å². The van der Waals surface area contributed by atoms with Gasteiger partial charge in [0.1, 0.15) is 5.01 Å². The van der Waals surface area contributed by atoms with Gasteiger partial charge in [-0.2, -0.15) is 13.2 Å². The first-order chi connectivity index (χ1) is 15.2. The lowest BCUT2D eigenvalue weighted by molar-refractivity contribution is -0.140. The second-order valence-electron chi connectivity index (χ2n) is 6.68. The minimum atomic E-state index is -5.11. The molecule has 0 aliphatic carbocycles. The number of anilines is 2. The van der Waals surface area contributed by atoms with E-state index in [1.807, 2.05) is 0 Å². The fourth-order valence-corrected chi connectivity index (χ4v) is 3.99. The van der Waals surface area contributed by atoms with E-state index >= 15 is 0 Å². The number of thiazole rings is 1. The predicted octanol–water partition coefficient (Wildman–Crippen LogP) is 6.06. The SMILES string of the molecule is O=C(c1ccc(C(F)(F)F)c(F)c1F)N(c1ccccc1)c1ccc2sc(CO)nc2c1. The first kappa shape index (κ1) is 21.8. The Morgan fingerprint density at radius 2 is 1.69 bits per heavy atom. The quantitative estimate of drug-likeness (QED) is 0.374. The van der Waals surface area contributed by atoms with Gasteiger partial charge < -0.3 is 5.11 Å². The number of hydrogen-bond acceptors (Lipinski definition) is 4. The maximum Gasteiger partial charge on any atom is 0.419 e. The molecule has 4 nitrogen and oxygen atoms in total. The number of rotatable bonds is 4. The predicted molar refractivity (Wildman–Crippen MR) is 110 cm³/mol. The first-order valence-electron chi connectivity index (χ1n) is 9.15. The van der Waals surface area contributed by atoms with E-state index in [9.17, 15) is 31.9 Å². The average molecular weight is 464 g/mol. The van der Waals surface area contributed by atoms with Crippen LogP contribution in [0.5, 0.6) is 0 Å². The summed E-state index contributed by atoms with van der Waals surface area (Å²) in [7, 11) is 0. The minimum Gasteiger partial charge on any atom is -0.389 e. The number of aliphatic hydroxyl groups excluding tert-OH is 1. The summed E-state index contributed by atoms with van der Waals surface area (Å²) in [6.07, 6.45) is -5.11. The van der Waals surface area contributed by atoms with E-state index in [0.717, 1.165) is 9.60 Å². The van der Waals surface area contributed by atoms with Crippen molar-refractivity contribution in [1.29, 1.82) is 0 Å². The highest BCUT2D eigenvalue weighted by Crippen LogP contribution is 2.36. The van der Waals surface area contributed by atoms with E-state index in [-0.39, 0.29) is 18.0 Å². The molecule has 4 rings (SSSR count). The van der Waals surface area contributed by atoms with Gasteiger partial charge in [0.05, 0.1) is 33.6 Å². The molecular weight excluding hydrogens is 451 g/mol. The van der Waals surface area contributed by atoms with Gasteiger partial charge in [-0.15, -0.1) is 11.3 Å². The van der Waals surface area contributed by atoms with Crippen LogP contribution in [0.4, 0.5) is 33.3 Å². The number of alkyl halides is 3. The number of hydrogen-bond donors (Lipinski definition) is 1. The summed E-state index contributed by atoms with van der Waals surface area (Å²) in [6.45, 7) is -0.272. The van der Waals surface area contributed by atoms with E-state index in [4.69, 9.17) is 0 Å². The molecule has 0 bridgehead atoms. The van der Waals surface area contributed by atoms with Crippen LogP contribution >= 0.6 is 11.3 Å². The van der Waals surface area contributed by atoms with Gasteiger partial charge in [0.15, 0.2) is 11.6 Å². The molecule has 0 aliphatic rings. The van der Waals surface area contributed by atoms with Crippen LogP contribution in [0.15, 0.2) is 60.7 Å². The van der Waals surface area contributed by atoms with E-state index in [0.29, 0.717) is 22.7 Å². The Hall–Kier alpha value is -3.37. The number of benzene rings is 3. The number of fused-ring (bicyclic) bond motifs is 1. The molecule has 0 spiro atoms. The highest BCUT2D eigenvalue weighted by Gasteiger charge is 2.37. The van der Waals surface area contributed by atoms with Crippen molar-refractivity contribution in [2.45, 2.75) is 12.8 Å². The van der Waals surface area contributed by atoms with Gasteiger partial charge >= 0.3 is 6.18 Å². The molecule has 0 aliphatic heterocycles. The van der Waals surface area contributed by atoms with Crippen molar-refractivity contribution in [3.63, 3.8) is 0 Å². The molecular formula is C22H13F5N2O2S. The monoisotopic (exact) mass is 464 g/mol. The van der Waals surface area contributed by atoms with Crippen LogP contribution in [0.2, 0.25) is 0 Å². The third-order valence-electron chi connectivity index (χ3n) is 4.64. The number of halogens is 5. The second-order valence-corrected chi connectivity index (χ2v) is 7.80. The summed E-state index contributed by atoms with van der Waals surface area (Å²) >= 11 is 1.25. The molecule has 4 aromatic rings. The van der Waals surface area contributed by atoms with Gasteiger partial charge in [-0.05, 0) is 42.5 Å². The molecule has 1 amide bonds. The van der Waals surface area contributed by atoms with Gasteiger partial charge in [0.2, 0.25) is 0 Å². The molecule has 0 fully saturated rings. The summed E-state index contributed by atoms with van der Waals surface area (Å²) in [4.78, 5) is 18.6. The van der Waals surface area contributed by atoms with Crippen LogP contribution < -0.4 is 4.90 Å². The molecule has 0 radical (unpaired) electrons. The Balaban J connectivity index is 1.85. The molecule has 0 atom stereocenters. The Kier molecular flexibility index (Phi) is 5.66. The van der Waals surface area contributed by atoms with Gasteiger partial charge in [-0.1, -0.05) is 18.2 Å². The molecule has 10 heteroatoms. The fourth-order valence-electron chi connectivity index (χ4n) is 3.18. The van der Waals surface area contributed by atoms with Crippen molar-refractivity contribution in [1.82, 2.24) is 4.98 Å². The third-order valence-corrected chi connectivity index (χ3v) is 5.67. The van der Waals surface area contributed by atoms with E-state index < -0.39 is 34.8 Å². The summed E-state index contributed by atoms with van der Waals surface area (Å²) in [5.41, 5.74) is -1.66. The van der Waals surface area contributed by atoms with Gasteiger partial charge in [-0.3, -0.25) is 9.69 Å². The zero-order valence-electron chi connectivity index (χ0n) is 16.0. The lowest BCUT2D eigenvalue weighted by atomic mass is 10.1. The van der Waals surface area contributed by atoms with E-state index in [2.05, 4.69) is 4.98 Å². The van der Waals surface area contributed by atoms with Gasteiger partial charge in [0.25, 0.3) is 5.91 Å². The number of para-hydroxylation sites is 1. The highest BCUT2D eigenvalue weighted by atomic mass is 32.1. The molecule has 1 aromatic heterocycles. The lowest BCUT2D eigenvalue weighted by Crippen LogP contribution is -2.27. The summed E-state index contributed by atoms with van der Waals surface area (Å²) in [5.74, 6) is -5.08. The lowest BCUT2D eigenvalue weighted by Gasteiger charge is -2.24. The maximum atomic E-state index is 14.6. The van der Waals surface area contributed by atoms with Crippen molar-refractivity contribution < 1.29 is 31.9 Å². The van der Waals surface area contributed by atoms with Gasteiger partial charge in [0, 0.05) is 5.69 Å². The number of aliphatic hydroxyl groups is 1. The Morgan fingerprint density at radius 3 is 2.34 bits per heavy atom. The second kappa shape index (κ2) is 8.29. The van der Waals surface area contributed by atoms with Crippen LogP contribution in [0.3, 0.4) is 0 Å². The summed E-state index contributed by atoms with van der Waals surface area (Å²) < 4.78 is 68.2. The molecule has 0 unspecified atom stereocenters. The Labute approximate surface area is 182 Å². The molecule has 0 saturated carbocycles. The minimum absolute atomic E-state index is 0.239. The van der Waals surface area contributed by atoms with Crippen molar-refractivity contribution >= 4 is 38.8 Å². The average Bonchev–Trinajstić information content (AvgIpc) is 3.18. The maximum absolute atomic E-state index is 14.6. The van der Waals surface area contributed by atoms with Crippen LogP contribution in [0.1, 0.15) is 20.9 Å². The summed E-state index contributed by atoms with van der Waals surface area (Å²) in [5, 5.41) is 9.74. The third kappa shape index (κ3) is 3.94. The first-order valence-corrected chi connectivity index (χ1v) is 9.97. The molecule has 1 N–H and O–H groups in total. The molecule has 164 valence electrons.